The zero-order valence-corrected chi connectivity index (χ0v) is 10.9. The Morgan fingerprint density at radius 3 is 2.63 bits per heavy atom. The molecule has 1 saturated carbocycles. The summed E-state index contributed by atoms with van der Waals surface area (Å²) in [5.74, 6) is -0.0757. The summed E-state index contributed by atoms with van der Waals surface area (Å²) in [7, 11) is 0. The van der Waals surface area contributed by atoms with E-state index >= 15 is 0 Å². The molecule has 0 radical (unpaired) electrons. The van der Waals surface area contributed by atoms with Gasteiger partial charge in [0, 0.05) is 13.1 Å². The number of nitrogens with two attached hydrogens (primary N) is 1. The molecule has 5 nitrogen and oxygen atoms in total. The molecule has 1 amide bonds. The van der Waals surface area contributed by atoms with E-state index in [0.29, 0.717) is 0 Å². The van der Waals surface area contributed by atoms with E-state index < -0.39 is 5.54 Å². The Hall–Kier alpha value is -1.59. The van der Waals surface area contributed by atoms with Gasteiger partial charge in [-0.15, -0.1) is 0 Å². The highest BCUT2D eigenvalue weighted by Crippen LogP contribution is 2.35. The number of ether oxygens (including phenoxy) is 1. The summed E-state index contributed by atoms with van der Waals surface area (Å²) in [6, 6.07) is 7.86. The van der Waals surface area contributed by atoms with E-state index in [0.717, 1.165) is 50.5 Å². The molecular formula is C14H19N3O2. The lowest BCUT2D eigenvalue weighted by atomic mass is 10.2. The summed E-state index contributed by atoms with van der Waals surface area (Å²) in [6.07, 6.45) is 1.55. The van der Waals surface area contributed by atoms with E-state index in [1.165, 1.54) is 0 Å². The van der Waals surface area contributed by atoms with Gasteiger partial charge in [0.15, 0.2) is 0 Å². The molecular weight excluding hydrogens is 242 g/mol. The van der Waals surface area contributed by atoms with Crippen molar-refractivity contribution in [3.63, 3.8) is 0 Å². The minimum atomic E-state index is -0.641. The molecule has 3 N–H and O–H groups in total. The number of benzene rings is 1. The van der Waals surface area contributed by atoms with E-state index in [4.69, 9.17) is 10.5 Å². The van der Waals surface area contributed by atoms with Gasteiger partial charge in [-0.2, -0.15) is 0 Å². The lowest BCUT2D eigenvalue weighted by Crippen LogP contribution is -2.39. The molecule has 1 aliphatic heterocycles. The van der Waals surface area contributed by atoms with Crippen molar-refractivity contribution in [3.05, 3.63) is 24.3 Å². The van der Waals surface area contributed by atoms with Crippen molar-refractivity contribution in [2.45, 2.75) is 18.4 Å². The molecule has 19 heavy (non-hydrogen) atoms. The number of nitrogens with zero attached hydrogens (tertiary/aromatic N) is 1. The van der Waals surface area contributed by atoms with Crippen LogP contribution in [0.3, 0.4) is 0 Å². The maximum Gasteiger partial charge on any atom is 0.244 e. The molecule has 102 valence electrons. The van der Waals surface area contributed by atoms with Gasteiger partial charge in [-0.1, -0.05) is 12.1 Å². The van der Waals surface area contributed by atoms with E-state index in [2.05, 4.69) is 10.2 Å². The van der Waals surface area contributed by atoms with Gasteiger partial charge in [-0.25, -0.2) is 0 Å². The number of hydrogen-bond donors (Lipinski definition) is 2. The maximum atomic E-state index is 12.1. The lowest BCUT2D eigenvalue weighted by molar-refractivity contribution is -0.118. The number of nitrogens with one attached hydrogen (secondary N) is 1. The van der Waals surface area contributed by atoms with Crippen molar-refractivity contribution < 1.29 is 9.53 Å². The lowest BCUT2D eigenvalue weighted by Gasteiger charge is -2.30. The average Bonchev–Trinajstić information content (AvgIpc) is 3.20. The third kappa shape index (κ3) is 2.57. The van der Waals surface area contributed by atoms with Crippen molar-refractivity contribution in [2.75, 3.05) is 36.5 Å². The maximum absolute atomic E-state index is 12.1. The summed E-state index contributed by atoms with van der Waals surface area (Å²) in [4.78, 5) is 14.3. The van der Waals surface area contributed by atoms with Crippen LogP contribution in [0, 0.1) is 0 Å². The molecule has 1 aromatic carbocycles. The standard InChI is InChI=1S/C14H19N3O2/c15-14(5-6-14)13(18)16-11-3-1-2-4-12(11)17-7-9-19-10-8-17/h1-4H,5-10,15H2,(H,16,18). The normalized spacial score (nSPS) is 21.0. The predicted octanol–water partition coefficient (Wildman–Crippen LogP) is 0.953. The van der Waals surface area contributed by atoms with Gasteiger partial charge in [0.05, 0.1) is 30.1 Å². The summed E-state index contributed by atoms with van der Waals surface area (Å²) < 4.78 is 5.36. The first-order valence-corrected chi connectivity index (χ1v) is 6.71. The minimum absolute atomic E-state index is 0.0757. The molecule has 1 saturated heterocycles. The van der Waals surface area contributed by atoms with Crippen LogP contribution in [-0.4, -0.2) is 37.7 Å². The molecule has 3 rings (SSSR count). The second kappa shape index (κ2) is 4.83. The van der Waals surface area contributed by atoms with Crippen LogP contribution in [-0.2, 0) is 9.53 Å². The highest BCUT2D eigenvalue weighted by molar-refractivity contribution is 6.02. The number of carbonyl (C=O) groups is 1. The van der Waals surface area contributed by atoms with E-state index in [1.54, 1.807) is 0 Å². The van der Waals surface area contributed by atoms with Crippen LogP contribution in [0.2, 0.25) is 0 Å². The number of morpholine rings is 1. The molecule has 0 aromatic heterocycles. The summed E-state index contributed by atoms with van der Waals surface area (Å²) in [5.41, 5.74) is 7.16. The molecule has 0 unspecified atom stereocenters. The zero-order valence-electron chi connectivity index (χ0n) is 10.9. The zero-order chi connectivity index (χ0) is 13.3. The van der Waals surface area contributed by atoms with Gasteiger partial charge >= 0.3 is 0 Å². The molecule has 2 fully saturated rings. The number of anilines is 2. The summed E-state index contributed by atoms with van der Waals surface area (Å²) in [5, 5.41) is 2.96. The number of hydrogen-bond acceptors (Lipinski definition) is 4. The average molecular weight is 261 g/mol. The van der Waals surface area contributed by atoms with Crippen LogP contribution in [0.25, 0.3) is 0 Å². The van der Waals surface area contributed by atoms with Crippen molar-refractivity contribution in [3.8, 4) is 0 Å². The predicted molar refractivity (Wildman–Crippen MR) is 74.3 cm³/mol. The summed E-state index contributed by atoms with van der Waals surface area (Å²) >= 11 is 0. The van der Waals surface area contributed by atoms with Gasteiger partial charge in [0.1, 0.15) is 0 Å². The number of para-hydroxylation sites is 2. The third-order valence-corrected chi connectivity index (χ3v) is 3.74. The molecule has 1 aromatic rings. The molecule has 5 heteroatoms. The quantitative estimate of drug-likeness (QED) is 0.850. The van der Waals surface area contributed by atoms with Gasteiger partial charge in [-0.05, 0) is 25.0 Å². The second-order valence-electron chi connectivity index (χ2n) is 5.23. The number of amides is 1. The van der Waals surface area contributed by atoms with Gasteiger partial charge in [0.2, 0.25) is 5.91 Å². The highest BCUT2D eigenvalue weighted by Gasteiger charge is 2.46. The van der Waals surface area contributed by atoms with E-state index in [1.807, 2.05) is 24.3 Å². The molecule has 0 atom stereocenters. The monoisotopic (exact) mass is 261 g/mol. The summed E-state index contributed by atoms with van der Waals surface area (Å²) in [6.45, 7) is 3.15. The number of carbonyl (C=O) groups excluding carboxylic acids is 1. The topological polar surface area (TPSA) is 67.6 Å². The van der Waals surface area contributed by atoms with Gasteiger partial charge in [-0.3, -0.25) is 4.79 Å². The third-order valence-electron chi connectivity index (χ3n) is 3.74. The van der Waals surface area contributed by atoms with Crippen LogP contribution >= 0.6 is 0 Å². The SMILES string of the molecule is NC1(C(=O)Nc2ccccc2N2CCOCC2)CC1. The van der Waals surface area contributed by atoms with Crippen molar-refractivity contribution in [1.29, 1.82) is 0 Å². The fourth-order valence-corrected chi connectivity index (χ4v) is 2.27. The fourth-order valence-electron chi connectivity index (χ4n) is 2.27. The first kappa shape index (κ1) is 12.4. The van der Waals surface area contributed by atoms with Crippen molar-refractivity contribution in [1.82, 2.24) is 0 Å². The minimum Gasteiger partial charge on any atom is -0.378 e. The molecule has 2 aliphatic rings. The first-order chi connectivity index (χ1) is 9.19. The van der Waals surface area contributed by atoms with Crippen LogP contribution in [0.4, 0.5) is 11.4 Å². The number of rotatable bonds is 3. The van der Waals surface area contributed by atoms with Gasteiger partial charge in [0.25, 0.3) is 0 Å². The van der Waals surface area contributed by atoms with Gasteiger partial charge < -0.3 is 20.7 Å². The Bertz CT molecular complexity index is 479. The van der Waals surface area contributed by atoms with Crippen LogP contribution < -0.4 is 16.0 Å². The smallest absolute Gasteiger partial charge is 0.244 e. The molecule has 0 bridgehead atoms. The fraction of sp³-hybridized carbons (Fsp3) is 0.500. The van der Waals surface area contributed by atoms with E-state index in [9.17, 15) is 4.79 Å². The van der Waals surface area contributed by atoms with E-state index in [-0.39, 0.29) is 5.91 Å². The molecule has 1 heterocycles. The Morgan fingerprint density at radius 2 is 1.95 bits per heavy atom. The second-order valence-corrected chi connectivity index (χ2v) is 5.23. The Kier molecular flexibility index (Phi) is 3.16. The van der Waals surface area contributed by atoms with Crippen molar-refractivity contribution in [2.24, 2.45) is 5.73 Å². The Balaban J connectivity index is 1.78. The molecule has 0 spiro atoms. The van der Waals surface area contributed by atoms with Crippen LogP contribution in [0.15, 0.2) is 24.3 Å². The van der Waals surface area contributed by atoms with Crippen LogP contribution in [0.5, 0.6) is 0 Å². The van der Waals surface area contributed by atoms with Crippen molar-refractivity contribution >= 4 is 17.3 Å². The largest absolute Gasteiger partial charge is 0.378 e. The Morgan fingerprint density at radius 1 is 1.26 bits per heavy atom. The Labute approximate surface area is 112 Å². The van der Waals surface area contributed by atoms with Crippen LogP contribution in [0.1, 0.15) is 12.8 Å². The first-order valence-electron chi connectivity index (χ1n) is 6.71. The molecule has 1 aliphatic carbocycles. The highest BCUT2D eigenvalue weighted by atomic mass is 16.5.